The van der Waals surface area contributed by atoms with E-state index in [1.807, 2.05) is 30.3 Å². The van der Waals surface area contributed by atoms with Crippen molar-refractivity contribution in [1.82, 2.24) is 4.90 Å². The quantitative estimate of drug-likeness (QED) is 0.656. The van der Waals surface area contributed by atoms with Crippen molar-refractivity contribution in [2.45, 2.75) is 12.8 Å². The SMILES string of the molecule is CN(CCCN)C(=O)CCOCCOc1ccccc1. The number of nitrogens with two attached hydrogens (primary N) is 1. The van der Waals surface area contributed by atoms with Crippen LogP contribution in [0.5, 0.6) is 5.75 Å². The minimum absolute atomic E-state index is 0.0856. The highest BCUT2D eigenvalue weighted by Crippen LogP contribution is 2.07. The predicted molar refractivity (Wildman–Crippen MR) is 78.7 cm³/mol. The van der Waals surface area contributed by atoms with Crippen LogP contribution in [0.3, 0.4) is 0 Å². The van der Waals surface area contributed by atoms with Crippen molar-refractivity contribution in [2.75, 3.05) is 40.0 Å². The monoisotopic (exact) mass is 280 g/mol. The lowest BCUT2D eigenvalue weighted by Crippen LogP contribution is -2.29. The molecule has 0 aliphatic heterocycles. The molecule has 0 spiro atoms. The third-order valence-corrected chi connectivity index (χ3v) is 2.82. The maximum absolute atomic E-state index is 11.7. The fraction of sp³-hybridized carbons (Fsp3) is 0.533. The van der Waals surface area contributed by atoms with Crippen LogP contribution in [0.4, 0.5) is 0 Å². The highest BCUT2D eigenvalue weighted by molar-refractivity contribution is 5.75. The van der Waals surface area contributed by atoms with Gasteiger partial charge in [-0.3, -0.25) is 4.79 Å². The van der Waals surface area contributed by atoms with Crippen LogP contribution in [0, 0.1) is 0 Å². The number of carbonyl (C=O) groups is 1. The largest absolute Gasteiger partial charge is 0.491 e. The molecule has 0 saturated heterocycles. The molecule has 0 heterocycles. The average molecular weight is 280 g/mol. The number of carbonyl (C=O) groups excluding carboxylic acids is 1. The van der Waals surface area contributed by atoms with Gasteiger partial charge < -0.3 is 20.1 Å². The van der Waals surface area contributed by atoms with Crippen molar-refractivity contribution < 1.29 is 14.3 Å². The van der Waals surface area contributed by atoms with Gasteiger partial charge in [-0.05, 0) is 25.1 Å². The molecule has 5 nitrogen and oxygen atoms in total. The van der Waals surface area contributed by atoms with E-state index in [2.05, 4.69) is 0 Å². The molecule has 0 unspecified atom stereocenters. The number of rotatable bonds is 10. The van der Waals surface area contributed by atoms with Crippen molar-refractivity contribution in [2.24, 2.45) is 5.73 Å². The smallest absolute Gasteiger partial charge is 0.224 e. The molecular weight excluding hydrogens is 256 g/mol. The summed E-state index contributed by atoms with van der Waals surface area (Å²) >= 11 is 0. The molecule has 20 heavy (non-hydrogen) atoms. The summed E-state index contributed by atoms with van der Waals surface area (Å²) in [6, 6.07) is 9.58. The summed E-state index contributed by atoms with van der Waals surface area (Å²) in [6.45, 7) is 2.69. The zero-order valence-corrected chi connectivity index (χ0v) is 12.1. The summed E-state index contributed by atoms with van der Waals surface area (Å²) in [6.07, 6.45) is 1.22. The molecule has 0 bridgehead atoms. The van der Waals surface area contributed by atoms with Gasteiger partial charge in [0.15, 0.2) is 0 Å². The molecule has 0 aromatic heterocycles. The first kappa shape index (κ1) is 16.5. The third-order valence-electron chi connectivity index (χ3n) is 2.82. The summed E-state index contributed by atoms with van der Waals surface area (Å²) in [5.74, 6) is 0.913. The van der Waals surface area contributed by atoms with E-state index in [1.165, 1.54) is 0 Å². The Balaban J connectivity index is 2.00. The second-order valence-electron chi connectivity index (χ2n) is 4.48. The Morgan fingerprint density at radius 3 is 2.65 bits per heavy atom. The van der Waals surface area contributed by atoms with E-state index in [0.29, 0.717) is 39.3 Å². The molecule has 0 radical (unpaired) electrons. The molecule has 112 valence electrons. The molecule has 2 N–H and O–H groups in total. The van der Waals surface area contributed by atoms with E-state index in [0.717, 1.165) is 12.2 Å². The van der Waals surface area contributed by atoms with E-state index in [4.69, 9.17) is 15.2 Å². The summed E-state index contributed by atoms with van der Waals surface area (Å²) in [4.78, 5) is 13.4. The first-order chi connectivity index (χ1) is 9.74. The maximum atomic E-state index is 11.7. The Bertz CT molecular complexity index is 371. The van der Waals surface area contributed by atoms with E-state index in [1.54, 1.807) is 11.9 Å². The van der Waals surface area contributed by atoms with Crippen LogP contribution in [0.15, 0.2) is 30.3 Å². The number of nitrogens with zero attached hydrogens (tertiary/aromatic N) is 1. The van der Waals surface area contributed by atoms with Gasteiger partial charge in [-0.15, -0.1) is 0 Å². The van der Waals surface area contributed by atoms with E-state index < -0.39 is 0 Å². The molecule has 1 aromatic rings. The van der Waals surface area contributed by atoms with Gasteiger partial charge in [0, 0.05) is 13.6 Å². The van der Waals surface area contributed by atoms with Gasteiger partial charge in [0.1, 0.15) is 12.4 Å². The second kappa shape index (κ2) is 10.2. The molecule has 0 aliphatic rings. The lowest BCUT2D eigenvalue weighted by molar-refractivity contribution is -0.131. The fourth-order valence-electron chi connectivity index (χ4n) is 1.64. The molecule has 0 saturated carbocycles. The fourth-order valence-corrected chi connectivity index (χ4v) is 1.64. The van der Waals surface area contributed by atoms with Crippen molar-refractivity contribution in [3.8, 4) is 5.75 Å². The van der Waals surface area contributed by atoms with Crippen molar-refractivity contribution >= 4 is 5.91 Å². The molecule has 0 fully saturated rings. The van der Waals surface area contributed by atoms with Crippen molar-refractivity contribution in [3.05, 3.63) is 30.3 Å². The average Bonchev–Trinajstić information content (AvgIpc) is 2.49. The molecular formula is C15H24N2O3. The van der Waals surface area contributed by atoms with Crippen LogP contribution < -0.4 is 10.5 Å². The van der Waals surface area contributed by atoms with Crippen LogP contribution in [-0.4, -0.2) is 50.8 Å². The molecule has 0 aliphatic carbocycles. The first-order valence-electron chi connectivity index (χ1n) is 6.93. The van der Waals surface area contributed by atoms with E-state index in [-0.39, 0.29) is 5.91 Å². The van der Waals surface area contributed by atoms with E-state index in [9.17, 15) is 4.79 Å². The standard InChI is InChI=1S/C15H24N2O3/c1-17(10-5-9-16)15(18)8-11-19-12-13-20-14-6-3-2-4-7-14/h2-4,6-7H,5,8-13,16H2,1H3. The van der Waals surface area contributed by atoms with Crippen LogP contribution in [0.1, 0.15) is 12.8 Å². The molecule has 1 rings (SSSR count). The van der Waals surface area contributed by atoms with Crippen LogP contribution in [0.2, 0.25) is 0 Å². The molecule has 5 heteroatoms. The third kappa shape index (κ3) is 7.11. The predicted octanol–water partition coefficient (Wildman–Crippen LogP) is 1.28. The highest BCUT2D eigenvalue weighted by atomic mass is 16.5. The summed E-state index contributed by atoms with van der Waals surface area (Å²) in [7, 11) is 1.79. The van der Waals surface area contributed by atoms with Gasteiger partial charge in [0.25, 0.3) is 0 Å². The van der Waals surface area contributed by atoms with Crippen LogP contribution >= 0.6 is 0 Å². The Morgan fingerprint density at radius 2 is 1.95 bits per heavy atom. The lowest BCUT2D eigenvalue weighted by Gasteiger charge is -2.16. The van der Waals surface area contributed by atoms with Crippen LogP contribution in [-0.2, 0) is 9.53 Å². The van der Waals surface area contributed by atoms with Crippen LogP contribution in [0.25, 0.3) is 0 Å². The number of amides is 1. The van der Waals surface area contributed by atoms with Crippen molar-refractivity contribution in [3.63, 3.8) is 0 Å². The minimum Gasteiger partial charge on any atom is -0.491 e. The molecule has 1 amide bonds. The lowest BCUT2D eigenvalue weighted by atomic mass is 10.3. The number of hydrogen-bond acceptors (Lipinski definition) is 4. The minimum atomic E-state index is 0.0856. The Morgan fingerprint density at radius 1 is 1.20 bits per heavy atom. The summed E-state index contributed by atoms with van der Waals surface area (Å²) < 4.78 is 10.9. The number of ether oxygens (including phenoxy) is 2. The summed E-state index contributed by atoms with van der Waals surface area (Å²) in [5, 5.41) is 0. The Labute approximate surface area is 120 Å². The highest BCUT2D eigenvalue weighted by Gasteiger charge is 2.07. The number of para-hydroxylation sites is 1. The van der Waals surface area contributed by atoms with E-state index >= 15 is 0 Å². The maximum Gasteiger partial charge on any atom is 0.224 e. The van der Waals surface area contributed by atoms with Gasteiger partial charge in [0.05, 0.1) is 19.6 Å². The molecule has 1 aromatic carbocycles. The second-order valence-corrected chi connectivity index (χ2v) is 4.48. The topological polar surface area (TPSA) is 64.8 Å². The summed E-state index contributed by atoms with van der Waals surface area (Å²) in [5.41, 5.74) is 5.40. The van der Waals surface area contributed by atoms with Crippen molar-refractivity contribution in [1.29, 1.82) is 0 Å². The Kier molecular flexibility index (Phi) is 8.42. The number of hydrogen-bond donors (Lipinski definition) is 1. The van der Waals surface area contributed by atoms with Gasteiger partial charge in [-0.2, -0.15) is 0 Å². The Hall–Kier alpha value is -1.59. The van der Waals surface area contributed by atoms with Gasteiger partial charge in [-0.25, -0.2) is 0 Å². The van der Waals surface area contributed by atoms with Gasteiger partial charge >= 0.3 is 0 Å². The zero-order valence-electron chi connectivity index (χ0n) is 12.1. The number of benzene rings is 1. The first-order valence-corrected chi connectivity index (χ1v) is 6.93. The van der Waals surface area contributed by atoms with Gasteiger partial charge in [-0.1, -0.05) is 18.2 Å². The molecule has 0 atom stereocenters. The van der Waals surface area contributed by atoms with Gasteiger partial charge in [0.2, 0.25) is 5.91 Å². The zero-order chi connectivity index (χ0) is 14.6. The normalized spacial score (nSPS) is 10.3.